The number of nitrogens with one attached hydrogen (secondary N) is 1. The van der Waals surface area contributed by atoms with Crippen LogP contribution in [0.5, 0.6) is 0 Å². The van der Waals surface area contributed by atoms with Crippen molar-refractivity contribution in [3.8, 4) is 0 Å². The normalized spacial score (nSPS) is 20.7. The van der Waals surface area contributed by atoms with Crippen molar-refractivity contribution < 1.29 is 4.79 Å². The molecule has 100 valence electrons. The smallest absolute Gasteiger partial charge is 0.221 e. The average molecular weight is 257 g/mol. The molecule has 1 aliphatic rings. The number of piperidine rings is 1. The Balaban J connectivity index is 1.76. The van der Waals surface area contributed by atoms with Gasteiger partial charge in [0, 0.05) is 30.2 Å². The Kier molecular flexibility index (Phi) is 3.25. The molecule has 1 atom stereocenters. The lowest BCUT2D eigenvalue weighted by Gasteiger charge is -2.30. The van der Waals surface area contributed by atoms with Crippen LogP contribution in [0.3, 0.4) is 0 Å². The van der Waals surface area contributed by atoms with Gasteiger partial charge < -0.3 is 10.7 Å². The zero-order valence-electron chi connectivity index (χ0n) is 10.9. The fraction of sp³-hybridized carbons (Fsp3) is 0.400. The molecule has 4 nitrogen and oxygen atoms in total. The number of primary amides is 1. The maximum Gasteiger partial charge on any atom is 0.221 e. The number of nitrogens with two attached hydrogens (primary N) is 1. The third-order valence-electron chi connectivity index (χ3n) is 3.98. The molecule has 1 aromatic carbocycles. The highest BCUT2D eigenvalue weighted by Crippen LogP contribution is 2.22. The number of aromatic amines is 1. The van der Waals surface area contributed by atoms with E-state index >= 15 is 0 Å². The summed E-state index contributed by atoms with van der Waals surface area (Å²) < 4.78 is 0. The van der Waals surface area contributed by atoms with Crippen molar-refractivity contribution in [3.63, 3.8) is 0 Å². The zero-order chi connectivity index (χ0) is 13.2. The molecule has 0 saturated carbocycles. The van der Waals surface area contributed by atoms with Crippen LogP contribution >= 0.6 is 0 Å². The minimum Gasteiger partial charge on any atom is -0.369 e. The van der Waals surface area contributed by atoms with Gasteiger partial charge in [0.05, 0.1) is 5.92 Å². The van der Waals surface area contributed by atoms with Gasteiger partial charge in [0.1, 0.15) is 0 Å². The SMILES string of the molecule is NC(=O)[C@H]1CCCN(Cc2c[nH]c3ccccc23)C1. The van der Waals surface area contributed by atoms with E-state index in [0.717, 1.165) is 32.5 Å². The van der Waals surface area contributed by atoms with E-state index in [-0.39, 0.29) is 11.8 Å². The maximum absolute atomic E-state index is 11.3. The lowest BCUT2D eigenvalue weighted by atomic mass is 9.97. The highest BCUT2D eigenvalue weighted by molar-refractivity contribution is 5.83. The van der Waals surface area contributed by atoms with E-state index in [1.54, 1.807) is 0 Å². The molecule has 0 aliphatic carbocycles. The van der Waals surface area contributed by atoms with Gasteiger partial charge in [-0.15, -0.1) is 0 Å². The number of benzene rings is 1. The first-order valence-corrected chi connectivity index (χ1v) is 6.80. The predicted molar refractivity (Wildman–Crippen MR) is 75.5 cm³/mol. The second-order valence-electron chi connectivity index (χ2n) is 5.34. The first kappa shape index (κ1) is 12.2. The molecule has 1 aliphatic heterocycles. The third-order valence-corrected chi connectivity index (χ3v) is 3.98. The number of fused-ring (bicyclic) bond motifs is 1. The van der Waals surface area contributed by atoms with E-state index in [9.17, 15) is 4.79 Å². The number of hydrogen-bond acceptors (Lipinski definition) is 2. The van der Waals surface area contributed by atoms with Gasteiger partial charge in [-0.05, 0) is 31.0 Å². The number of amides is 1. The van der Waals surface area contributed by atoms with Crippen LogP contribution in [0.1, 0.15) is 18.4 Å². The highest BCUT2D eigenvalue weighted by atomic mass is 16.1. The Morgan fingerprint density at radius 3 is 3.11 bits per heavy atom. The van der Waals surface area contributed by atoms with E-state index in [0.29, 0.717) is 0 Å². The van der Waals surface area contributed by atoms with Gasteiger partial charge >= 0.3 is 0 Å². The molecule has 0 spiro atoms. The van der Waals surface area contributed by atoms with E-state index in [2.05, 4.69) is 34.3 Å². The van der Waals surface area contributed by atoms with Gasteiger partial charge in [0.25, 0.3) is 0 Å². The van der Waals surface area contributed by atoms with Crippen LogP contribution in [0.2, 0.25) is 0 Å². The van der Waals surface area contributed by atoms with E-state index < -0.39 is 0 Å². The molecule has 2 heterocycles. The van der Waals surface area contributed by atoms with Gasteiger partial charge in [0.2, 0.25) is 5.91 Å². The summed E-state index contributed by atoms with van der Waals surface area (Å²) in [5, 5.41) is 1.27. The van der Waals surface area contributed by atoms with Gasteiger partial charge in [-0.25, -0.2) is 0 Å². The average Bonchev–Trinajstić information content (AvgIpc) is 2.83. The predicted octanol–water partition coefficient (Wildman–Crippen LogP) is 1.87. The number of hydrogen-bond donors (Lipinski definition) is 2. The monoisotopic (exact) mass is 257 g/mol. The van der Waals surface area contributed by atoms with Crippen molar-refractivity contribution in [2.45, 2.75) is 19.4 Å². The number of carbonyl (C=O) groups excluding carboxylic acids is 1. The highest BCUT2D eigenvalue weighted by Gasteiger charge is 2.24. The van der Waals surface area contributed by atoms with Crippen LogP contribution in [-0.4, -0.2) is 28.9 Å². The maximum atomic E-state index is 11.3. The van der Waals surface area contributed by atoms with E-state index in [1.165, 1.54) is 16.5 Å². The van der Waals surface area contributed by atoms with Gasteiger partial charge in [0.15, 0.2) is 0 Å². The fourth-order valence-electron chi connectivity index (χ4n) is 2.93. The van der Waals surface area contributed by atoms with Crippen molar-refractivity contribution in [1.29, 1.82) is 0 Å². The quantitative estimate of drug-likeness (QED) is 0.881. The number of H-pyrrole nitrogens is 1. The Bertz CT molecular complexity index is 590. The largest absolute Gasteiger partial charge is 0.369 e. The number of carbonyl (C=O) groups is 1. The van der Waals surface area contributed by atoms with Gasteiger partial charge in [-0.3, -0.25) is 9.69 Å². The molecule has 3 rings (SSSR count). The second kappa shape index (κ2) is 5.05. The van der Waals surface area contributed by atoms with E-state index in [4.69, 9.17) is 5.73 Å². The van der Waals surface area contributed by atoms with Crippen LogP contribution in [0.25, 0.3) is 10.9 Å². The summed E-state index contributed by atoms with van der Waals surface area (Å²) >= 11 is 0. The summed E-state index contributed by atoms with van der Waals surface area (Å²) in [5.74, 6) is -0.150. The van der Waals surface area contributed by atoms with Crippen molar-refractivity contribution >= 4 is 16.8 Å². The molecule has 1 saturated heterocycles. The molecule has 0 unspecified atom stereocenters. The number of aromatic nitrogens is 1. The standard InChI is InChI=1S/C15H19N3O/c16-15(19)11-4-3-7-18(9-11)10-12-8-17-14-6-2-1-5-13(12)14/h1-2,5-6,8,11,17H,3-4,7,9-10H2,(H2,16,19)/t11-/m0/s1. The Labute approximate surface area is 112 Å². The number of likely N-dealkylation sites (tertiary alicyclic amines) is 1. The molecule has 1 aromatic heterocycles. The molecule has 1 amide bonds. The number of para-hydroxylation sites is 1. The minimum absolute atomic E-state index is 0.0129. The third kappa shape index (κ3) is 2.49. The molecule has 19 heavy (non-hydrogen) atoms. The Hall–Kier alpha value is -1.81. The summed E-state index contributed by atoms with van der Waals surface area (Å²) in [6.45, 7) is 2.71. The summed E-state index contributed by atoms with van der Waals surface area (Å²) in [4.78, 5) is 16.9. The molecule has 3 N–H and O–H groups in total. The summed E-state index contributed by atoms with van der Waals surface area (Å²) in [7, 11) is 0. The van der Waals surface area contributed by atoms with Crippen molar-refractivity contribution in [3.05, 3.63) is 36.0 Å². The molecular formula is C15H19N3O. The minimum atomic E-state index is -0.163. The fourth-order valence-corrected chi connectivity index (χ4v) is 2.93. The molecule has 1 fully saturated rings. The van der Waals surface area contributed by atoms with Gasteiger partial charge in [-0.1, -0.05) is 18.2 Å². The lowest BCUT2D eigenvalue weighted by molar-refractivity contribution is -0.123. The first-order valence-electron chi connectivity index (χ1n) is 6.80. The Morgan fingerprint density at radius 1 is 1.42 bits per heavy atom. The summed E-state index contributed by atoms with van der Waals surface area (Å²) in [6.07, 6.45) is 4.05. The van der Waals surface area contributed by atoms with Crippen LogP contribution in [0.4, 0.5) is 0 Å². The number of nitrogens with zero attached hydrogens (tertiary/aromatic N) is 1. The van der Waals surface area contributed by atoms with E-state index in [1.807, 2.05) is 6.07 Å². The summed E-state index contributed by atoms with van der Waals surface area (Å²) in [6, 6.07) is 8.31. The zero-order valence-corrected chi connectivity index (χ0v) is 10.9. The Morgan fingerprint density at radius 2 is 2.26 bits per heavy atom. The van der Waals surface area contributed by atoms with Crippen LogP contribution in [0, 0.1) is 5.92 Å². The molecule has 2 aromatic rings. The van der Waals surface area contributed by atoms with Crippen LogP contribution < -0.4 is 5.73 Å². The molecule has 0 bridgehead atoms. The first-order chi connectivity index (χ1) is 9.24. The topological polar surface area (TPSA) is 62.1 Å². The van der Waals surface area contributed by atoms with Crippen molar-refractivity contribution in [1.82, 2.24) is 9.88 Å². The second-order valence-corrected chi connectivity index (χ2v) is 5.34. The van der Waals surface area contributed by atoms with Crippen molar-refractivity contribution in [2.75, 3.05) is 13.1 Å². The number of rotatable bonds is 3. The van der Waals surface area contributed by atoms with Crippen LogP contribution in [-0.2, 0) is 11.3 Å². The van der Waals surface area contributed by atoms with Gasteiger partial charge in [-0.2, -0.15) is 0 Å². The summed E-state index contributed by atoms with van der Waals surface area (Å²) in [5.41, 5.74) is 7.88. The molecule has 0 radical (unpaired) electrons. The van der Waals surface area contributed by atoms with Crippen LogP contribution in [0.15, 0.2) is 30.5 Å². The molecule has 4 heteroatoms. The lowest BCUT2D eigenvalue weighted by Crippen LogP contribution is -2.40. The van der Waals surface area contributed by atoms with Crippen molar-refractivity contribution in [2.24, 2.45) is 11.7 Å². The molecular weight excluding hydrogens is 238 g/mol.